The summed E-state index contributed by atoms with van der Waals surface area (Å²) >= 11 is 0. The molecule has 0 radical (unpaired) electrons. The minimum atomic E-state index is -0.891. The highest BCUT2D eigenvalue weighted by molar-refractivity contribution is 5.94. The molecule has 0 aromatic heterocycles. The third-order valence-corrected chi connectivity index (χ3v) is 3.45. The first-order valence-electron chi connectivity index (χ1n) is 7.04. The van der Waals surface area contributed by atoms with E-state index in [9.17, 15) is 9.59 Å². The van der Waals surface area contributed by atoms with Crippen molar-refractivity contribution in [3.63, 3.8) is 0 Å². The third-order valence-electron chi connectivity index (χ3n) is 3.45. The second-order valence-electron chi connectivity index (χ2n) is 5.54. The molecular weight excluding hydrogens is 268 g/mol. The molecule has 0 aliphatic rings. The van der Waals surface area contributed by atoms with Gasteiger partial charge in [0.1, 0.15) is 0 Å². The highest BCUT2D eigenvalue weighted by Crippen LogP contribution is 2.12. The molecule has 116 valence electrons. The zero-order valence-corrected chi connectivity index (χ0v) is 13.2. The van der Waals surface area contributed by atoms with E-state index in [-0.39, 0.29) is 18.9 Å². The highest BCUT2D eigenvalue weighted by Gasteiger charge is 2.17. The average Bonchev–Trinajstić information content (AvgIpc) is 2.40. The predicted octanol–water partition coefficient (Wildman–Crippen LogP) is 1.78. The van der Waals surface area contributed by atoms with Gasteiger partial charge >= 0.3 is 5.97 Å². The molecule has 0 heterocycles. The fraction of sp³-hybridized carbons (Fsp3) is 0.500. The van der Waals surface area contributed by atoms with Crippen LogP contribution in [0.5, 0.6) is 0 Å². The van der Waals surface area contributed by atoms with E-state index in [1.54, 1.807) is 11.0 Å². The summed E-state index contributed by atoms with van der Waals surface area (Å²) in [6.45, 7) is 5.42. The fourth-order valence-electron chi connectivity index (χ4n) is 1.92. The Morgan fingerprint density at radius 2 is 1.71 bits per heavy atom. The molecule has 1 rings (SSSR count). The molecule has 1 aromatic carbocycles. The minimum Gasteiger partial charge on any atom is -0.481 e. The van der Waals surface area contributed by atoms with Gasteiger partial charge in [-0.1, -0.05) is 6.07 Å². The number of nitrogens with zero attached hydrogens (tertiary/aromatic N) is 2. The number of carbonyl (C=O) groups excluding carboxylic acids is 1. The number of hydrogen-bond donors (Lipinski definition) is 1. The van der Waals surface area contributed by atoms with E-state index in [1.165, 1.54) is 0 Å². The Morgan fingerprint density at radius 3 is 2.24 bits per heavy atom. The first-order chi connectivity index (χ1) is 9.81. The van der Waals surface area contributed by atoms with Crippen molar-refractivity contribution in [2.75, 3.05) is 33.7 Å². The summed E-state index contributed by atoms with van der Waals surface area (Å²) in [5, 5.41) is 8.82. The van der Waals surface area contributed by atoms with Crippen molar-refractivity contribution in [3.05, 3.63) is 34.9 Å². The van der Waals surface area contributed by atoms with Crippen LogP contribution in [0.3, 0.4) is 0 Å². The fourth-order valence-corrected chi connectivity index (χ4v) is 1.92. The monoisotopic (exact) mass is 292 g/mol. The number of carbonyl (C=O) groups is 2. The molecule has 21 heavy (non-hydrogen) atoms. The molecule has 5 nitrogen and oxygen atoms in total. The maximum atomic E-state index is 12.5. The van der Waals surface area contributed by atoms with E-state index in [0.717, 1.165) is 11.1 Å². The van der Waals surface area contributed by atoms with Crippen molar-refractivity contribution in [1.82, 2.24) is 9.80 Å². The first-order valence-corrected chi connectivity index (χ1v) is 7.04. The van der Waals surface area contributed by atoms with Gasteiger partial charge in [0.2, 0.25) is 0 Å². The van der Waals surface area contributed by atoms with Crippen molar-refractivity contribution in [1.29, 1.82) is 0 Å². The molecule has 5 heteroatoms. The molecule has 0 atom stereocenters. The molecule has 1 aromatic rings. The summed E-state index contributed by atoms with van der Waals surface area (Å²) in [7, 11) is 3.85. The van der Waals surface area contributed by atoms with Crippen LogP contribution >= 0.6 is 0 Å². The van der Waals surface area contributed by atoms with Gasteiger partial charge in [-0.15, -0.1) is 0 Å². The Kier molecular flexibility index (Phi) is 6.37. The summed E-state index contributed by atoms with van der Waals surface area (Å²) in [6.07, 6.45) is -0.0377. The zero-order valence-electron chi connectivity index (χ0n) is 13.2. The van der Waals surface area contributed by atoms with Crippen molar-refractivity contribution in [3.8, 4) is 0 Å². The second-order valence-corrected chi connectivity index (χ2v) is 5.54. The lowest BCUT2D eigenvalue weighted by Gasteiger charge is -2.24. The number of amides is 1. The van der Waals surface area contributed by atoms with Crippen molar-refractivity contribution in [2.45, 2.75) is 20.3 Å². The Balaban J connectivity index is 2.86. The van der Waals surface area contributed by atoms with Gasteiger partial charge in [-0.2, -0.15) is 0 Å². The van der Waals surface area contributed by atoms with Gasteiger partial charge in [-0.05, 0) is 51.2 Å². The highest BCUT2D eigenvalue weighted by atomic mass is 16.4. The number of carboxylic acid groups (broad SMARTS) is 1. The quantitative estimate of drug-likeness (QED) is 0.832. The lowest BCUT2D eigenvalue weighted by molar-refractivity contribution is -0.137. The molecule has 1 N–H and O–H groups in total. The van der Waals surface area contributed by atoms with Crippen LogP contribution in [-0.4, -0.2) is 60.5 Å². The zero-order chi connectivity index (χ0) is 16.0. The lowest BCUT2D eigenvalue weighted by atomic mass is 10.1. The summed E-state index contributed by atoms with van der Waals surface area (Å²) in [5.74, 6) is -1.00. The van der Waals surface area contributed by atoms with Crippen LogP contribution in [0.15, 0.2) is 18.2 Å². The summed E-state index contributed by atoms with van der Waals surface area (Å²) in [6, 6.07) is 5.58. The Morgan fingerprint density at radius 1 is 1.05 bits per heavy atom. The van der Waals surface area contributed by atoms with Gasteiger partial charge in [0.15, 0.2) is 0 Å². The van der Waals surface area contributed by atoms with Crippen LogP contribution in [0.4, 0.5) is 0 Å². The molecule has 0 fully saturated rings. The normalized spacial score (nSPS) is 10.7. The van der Waals surface area contributed by atoms with Gasteiger partial charge < -0.3 is 14.9 Å². The molecular formula is C16H24N2O3. The Bertz CT molecular complexity index is 512. The number of benzene rings is 1. The van der Waals surface area contributed by atoms with Crippen molar-refractivity contribution < 1.29 is 14.7 Å². The predicted molar refractivity (Wildman–Crippen MR) is 82.6 cm³/mol. The molecule has 0 unspecified atom stereocenters. The molecule has 0 bridgehead atoms. The number of aryl methyl sites for hydroxylation is 2. The molecule has 0 aliphatic carbocycles. The first kappa shape index (κ1) is 17.2. The summed E-state index contributed by atoms with van der Waals surface area (Å²) < 4.78 is 0. The van der Waals surface area contributed by atoms with Crippen LogP contribution in [0.1, 0.15) is 27.9 Å². The average molecular weight is 292 g/mol. The van der Waals surface area contributed by atoms with E-state index in [4.69, 9.17) is 5.11 Å². The number of hydrogen-bond acceptors (Lipinski definition) is 3. The maximum absolute atomic E-state index is 12.5. The van der Waals surface area contributed by atoms with Gasteiger partial charge in [-0.25, -0.2) is 0 Å². The van der Waals surface area contributed by atoms with Gasteiger partial charge in [0.05, 0.1) is 6.42 Å². The largest absolute Gasteiger partial charge is 0.481 e. The molecule has 0 spiro atoms. The summed E-state index contributed by atoms with van der Waals surface area (Å²) in [5.41, 5.74) is 2.81. The van der Waals surface area contributed by atoms with Crippen molar-refractivity contribution in [2.24, 2.45) is 0 Å². The standard InChI is InChI=1S/C16H24N2O3/c1-12-5-6-14(11-13(12)2)16(21)18(8-7-15(19)20)10-9-17(3)4/h5-6,11H,7-10H2,1-4H3,(H,19,20). The molecule has 0 aliphatic heterocycles. The van der Waals surface area contributed by atoms with Crippen LogP contribution in [0.2, 0.25) is 0 Å². The van der Waals surface area contributed by atoms with Crippen molar-refractivity contribution >= 4 is 11.9 Å². The SMILES string of the molecule is Cc1ccc(C(=O)N(CCC(=O)O)CCN(C)C)cc1C. The molecule has 0 saturated heterocycles. The van der Waals surface area contributed by atoms with Gasteiger partial charge in [-0.3, -0.25) is 9.59 Å². The van der Waals surface area contributed by atoms with Crippen LogP contribution in [0, 0.1) is 13.8 Å². The van der Waals surface area contributed by atoms with Gasteiger partial charge in [0, 0.05) is 25.2 Å². The van der Waals surface area contributed by atoms with Crippen LogP contribution in [-0.2, 0) is 4.79 Å². The van der Waals surface area contributed by atoms with E-state index in [1.807, 2.05) is 45.0 Å². The van der Waals surface area contributed by atoms with Gasteiger partial charge in [0.25, 0.3) is 5.91 Å². The van der Waals surface area contributed by atoms with E-state index in [2.05, 4.69) is 0 Å². The Labute approximate surface area is 126 Å². The number of rotatable bonds is 7. The van der Waals surface area contributed by atoms with E-state index in [0.29, 0.717) is 18.7 Å². The number of carboxylic acids is 1. The Hall–Kier alpha value is -1.88. The van der Waals surface area contributed by atoms with Crippen LogP contribution < -0.4 is 0 Å². The smallest absolute Gasteiger partial charge is 0.305 e. The number of likely N-dealkylation sites (N-methyl/N-ethyl adjacent to an activating group) is 1. The molecule has 0 saturated carbocycles. The molecule has 1 amide bonds. The third kappa shape index (κ3) is 5.55. The maximum Gasteiger partial charge on any atom is 0.305 e. The topological polar surface area (TPSA) is 60.9 Å². The lowest BCUT2D eigenvalue weighted by Crippen LogP contribution is -2.38. The summed E-state index contributed by atoms with van der Waals surface area (Å²) in [4.78, 5) is 26.9. The van der Waals surface area contributed by atoms with E-state index < -0.39 is 5.97 Å². The second kappa shape index (κ2) is 7.78. The van der Waals surface area contributed by atoms with E-state index >= 15 is 0 Å². The minimum absolute atomic E-state index is 0.0377. The van der Waals surface area contributed by atoms with Crippen LogP contribution in [0.25, 0.3) is 0 Å². The number of aliphatic carboxylic acids is 1.